The molecule has 3 amide bonds. The second-order valence-electron chi connectivity index (χ2n) is 10.7. The van der Waals surface area contributed by atoms with Crippen molar-refractivity contribution >= 4 is 23.6 Å². The van der Waals surface area contributed by atoms with Crippen molar-refractivity contribution < 1.29 is 19.1 Å². The number of carbonyl (C=O) groups excluding carboxylic acids is 2. The third-order valence-corrected chi connectivity index (χ3v) is 6.60. The third-order valence-electron chi connectivity index (χ3n) is 6.60. The number of nitrogens with one attached hydrogen (secondary N) is 2. The number of nitrogens with zero attached hydrogens (tertiary/aromatic N) is 5. The van der Waals surface area contributed by atoms with Crippen molar-refractivity contribution in [1.82, 2.24) is 20.2 Å². The molecule has 1 saturated heterocycles. The molecule has 1 fully saturated rings. The minimum absolute atomic E-state index is 0.0796. The number of ether oxygens (including phenoxy) is 2. The Hall–Kier alpha value is -3.91. The highest BCUT2D eigenvalue weighted by Crippen LogP contribution is 2.38. The molecule has 0 bridgehead atoms. The second-order valence-corrected chi connectivity index (χ2v) is 10.7. The lowest BCUT2D eigenvalue weighted by Crippen LogP contribution is -2.47. The standard InChI is InChI=1S/C28H37N7O4/c1-6-30-26(36)31-20-9-7-19(8-10-20)24-32-23-21(25(33-24)34-15-16-38-17-18(34)2)12-14-35(22(23)11-13-29)27(37)39-28(3,4)5/h7-10,18,22H,6,11-12,14-17H2,1-5H3,(H2,30,31,36)/t18-,22-/m0/s1. The molecule has 2 N–H and O–H groups in total. The van der Waals surface area contributed by atoms with E-state index in [0.717, 1.165) is 16.9 Å². The number of amides is 3. The fourth-order valence-corrected chi connectivity index (χ4v) is 4.82. The summed E-state index contributed by atoms with van der Waals surface area (Å²) < 4.78 is 11.3. The number of aromatic nitrogens is 2. The van der Waals surface area contributed by atoms with Gasteiger partial charge in [0.05, 0.1) is 43.5 Å². The van der Waals surface area contributed by atoms with E-state index in [4.69, 9.17) is 19.4 Å². The number of anilines is 2. The summed E-state index contributed by atoms with van der Waals surface area (Å²) in [6.07, 6.45) is 0.164. The van der Waals surface area contributed by atoms with Crippen LogP contribution in [0.3, 0.4) is 0 Å². The summed E-state index contributed by atoms with van der Waals surface area (Å²) in [4.78, 5) is 38.9. The van der Waals surface area contributed by atoms with Crippen LogP contribution in [0, 0.1) is 11.3 Å². The van der Waals surface area contributed by atoms with Gasteiger partial charge in [0.2, 0.25) is 0 Å². The number of fused-ring (bicyclic) bond motifs is 1. The van der Waals surface area contributed by atoms with Gasteiger partial charge in [0, 0.05) is 36.4 Å². The number of hydrogen-bond donors (Lipinski definition) is 2. The lowest BCUT2D eigenvalue weighted by atomic mass is 9.95. The van der Waals surface area contributed by atoms with Gasteiger partial charge in [-0.1, -0.05) is 0 Å². The average molecular weight is 536 g/mol. The molecule has 2 aliphatic heterocycles. The van der Waals surface area contributed by atoms with Crippen molar-refractivity contribution in [1.29, 1.82) is 5.26 Å². The molecule has 1 aromatic carbocycles. The maximum Gasteiger partial charge on any atom is 0.410 e. The van der Waals surface area contributed by atoms with Crippen LogP contribution >= 0.6 is 0 Å². The quantitative estimate of drug-likeness (QED) is 0.580. The van der Waals surface area contributed by atoms with Crippen LogP contribution in [-0.2, 0) is 15.9 Å². The van der Waals surface area contributed by atoms with Crippen LogP contribution in [0.1, 0.15) is 58.3 Å². The van der Waals surface area contributed by atoms with Gasteiger partial charge in [-0.15, -0.1) is 0 Å². The van der Waals surface area contributed by atoms with Crippen LogP contribution < -0.4 is 15.5 Å². The highest BCUT2D eigenvalue weighted by molar-refractivity contribution is 5.89. The van der Waals surface area contributed by atoms with Crippen molar-refractivity contribution in [2.45, 2.75) is 65.1 Å². The monoisotopic (exact) mass is 535 g/mol. The summed E-state index contributed by atoms with van der Waals surface area (Å²) in [7, 11) is 0. The van der Waals surface area contributed by atoms with Crippen molar-refractivity contribution in [3.05, 3.63) is 35.5 Å². The van der Waals surface area contributed by atoms with Gasteiger partial charge in [0.1, 0.15) is 11.4 Å². The van der Waals surface area contributed by atoms with E-state index in [1.807, 2.05) is 39.8 Å². The predicted molar refractivity (Wildman–Crippen MR) is 147 cm³/mol. The van der Waals surface area contributed by atoms with Crippen LogP contribution in [0.5, 0.6) is 0 Å². The van der Waals surface area contributed by atoms with E-state index in [1.54, 1.807) is 17.0 Å². The second kappa shape index (κ2) is 11.9. The zero-order valence-corrected chi connectivity index (χ0v) is 23.3. The predicted octanol–water partition coefficient (Wildman–Crippen LogP) is 4.26. The summed E-state index contributed by atoms with van der Waals surface area (Å²) in [6.45, 7) is 12.2. The van der Waals surface area contributed by atoms with E-state index in [2.05, 4.69) is 28.5 Å². The molecule has 0 radical (unpaired) electrons. The van der Waals surface area contributed by atoms with Gasteiger partial charge < -0.3 is 25.0 Å². The average Bonchev–Trinajstić information content (AvgIpc) is 2.88. The van der Waals surface area contributed by atoms with Crippen LogP contribution in [0.25, 0.3) is 11.4 Å². The summed E-state index contributed by atoms with van der Waals surface area (Å²) >= 11 is 0. The van der Waals surface area contributed by atoms with E-state index < -0.39 is 17.7 Å². The number of nitriles is 1. The van der Waals surface area contributed by atoms with Crippen molar-refractivity contribution in [2.75, 3.05) is 43.1 Å². The number of benzene rings is 1. The smallest absolute Gasteiger partial charge is 0.410 e. The molecule has 1 aromatic heterocycles. The van der Waals surface area contributed by atoms with E-state index >= 15 is 0 Å². The van der Waals surface area contributed by atoms with Gasteiger partial charge in [0.25, 0.3) is 0 Å². The number of rotatable bonds is 5. The first-order chi connectivity index (χ1) is 18.6. The first-order valence-corrected chi connectivity index (χ1v) is 13.4. The Morgan fingerprint density at radius 1 is 1.21 bits per heavy atom. The van der Waals surface area contributed by atoms with Crippen LogP contribution in [0.4, 0.5) is 21.1 Å². The Balaban J connectivity index is 1.77. The van der Waals surface area contributed by atoms with Crippen molar-refractivity contribution in [3.63, 3.8) is 0 Å². The fraction of sp³-hybridized carbons (Fsp3) is 0.536. The molecule has 208 valence electrons. The van der Waals surface area contributed by atoms with E-state index in [9.17, 15) is 14.9 Å². The molecular formula is C28H37N7O4. The number of morpholine rings is 1. The first-order valence-electron chi connectivity index (χ1n) is 13.4. The lowest BCUT2D eigenvalue weighted by molar-refractivity contribution is 0.0140. The normalized spacial score (nSPS) is 19.1. The SMILES string of the molecule is CCNC(=O)Nc1ccc(-c2nc3c(c(N4CCOC[C@@H]4C)n2)CCN(C(=O)OC(C)(C)C)[C@H]3CC#N)cc1. The first kappa shape index (κ1) is 28.1. The highest BCUT2D eigenvalue weighted by Gasteiger charge is 2.38. The molecule has 0 aliphatic carbocycles. The maximum absolute atomic E-state index is 13.2. The van der Waals surface area contributed by atoms with E-state index in [1.165, 1.54) is 0 Å². The van der Waals surface area contributed by atoms with Gasteiger partial charge in [-0.3, -0.25) is 4.90 Å². The largest absolute Gasteiger partial charge is 0.444 e. The molecule has 11 heteroatoms. The molecule has 0 saturated carbocycles. The van der Waals surface area contributed by atoms with Gasteiger partial charge >= 0.3 is 12.1 Å². The molecule has 3 heterocycles. The van der Waals surface area contributed by atoms with Crippen LogP contribution in [0.2, 0.25) is 0 Å². The fourth-order valence-electron chi connectivity index (χ4n) is 4.82. The summed E-state index contributed by atoms with van der Waals surface area (Å²) in [6, 6.07) is 8.79. The third kappa shape index (κ3) is 6.57. The van der Waals surface area contributed by atoms with E-state index in [0.29, 0.717) is 56.5 Å². The molecular weight excluding hydrogens is 498 g/mol. The van der Waals surface area contributed by atoms with Crippen molar-refractivity contribution in [2.24, 2.45) is 0 Å². The maximum atomic E-state index is 13.2. The van der Waals surface area contributed by atoms with Gasteiger partial charge in [-0.25, -0.2) is 19.6 Å². The molecule has 4 rings (SSSR count). The Morgan fingerprint density at radius 2 is 1.95 bits per heavy atom. The molecule has 39 heavy (non-hydrogen) atoms. The molecule has 2 aromatic rings. The van der Waals surface area contributed by atoms with Crippen LogP contribution in [0.15, 0.2) is 24.3 Å². The summed E-state index contributed by atoms with van der Waals surface area (Å²) in [5.41, 5.74) is 2.34. The zero-order chi connectivity index (χ0) is 28.2. The van der Waals surface area contributed by atoms with Gasteiger partial charge in [0.15, 0.2) is 5.82 Å². The lowest BCUT2D eigenvalue weighted by Gasteiger charge is -2.40. The minimum Gasteiger partial charge on any atom is -0.444 e. The molecule has 2 aliphatic rings. The van der Waals surface area contributed by atoms with Gasteiger partial charge in [-0.05, 0) is 65.3 Å². The zero-order valence-electron chi connectivity index (χ0n) is 23.3. The Labute approximate surface area is 229 Å². The number of carbonyl (C=O) groups is 2. The van der Waals surface area contributed by atoms with Gasteiger partial charge in [-0.2, -0.15) is 5.26 Å². The number of urea groups is 1. The highest BCUT2D eigenvalue weighted by atomic mass is 16.6. The molecule has 11 nitrogen and oxygen atoms in total. The molecule has 0 unspecified atom stereocenters. The van der Waals surface area contributed by atoms with Crippen LogP contribution in [-0.4, -0.2) is 71.5 Å². The summed E-state index contributed by atoms with van der Waals surface area (Å²) in [5, 5.41) is 15.2. The number of hydrogen-bond acceptors (Lipinski definition) is 8. The Morgan fingerprint density at radius 3 is 2.59 bits per heavy atom. The molecule has 2 atom stereocenters. The van der Waals surface area contributed by atoms with E-state index in [-0.39, 0.29) is 18.5 Å². The summed E-state index contributed by atoms with van der Waals surface area (Å²) in [5.74, 6) is 1.29. The Bertz CT molecular complexity index is 1240. The topological polar surface area (TPSA) is 133 Å². The molecule has 0 spiro atoms. The van der Waals surface area contributed by atoms with Crippen molar-refractivity contribution in [3.8, 4) is 17.5 Å². The Kier molecular flexibility index (Phi) is 8.55. The minimum atomic E-state index is -0.663.